The average molecular weight is 345 g/mol. The standard InChI is InChI=1S/C20H23NO4/c1-11(22)24-16-7-5-13-14-10-12-4-6-15(23-3)18-17(12)20(13,19(16)25-18)8-9-21(14)2/h4-7,13-14,16,19H,8-10H2,1-3H3/t13?,14-,16+,19+,20+/m1/s1/i2+1D3. The van der Waals surface area contributed by atoms with E-state index in [4.69, 9.17) is 18.3 Å². The number of likely N-dealkylation sites (tertiary alicyclic amines) is 1. The highest BCUT2D eigenvalue weighted by Gasteiger charge is 2.65. The van der Waals surface area contributed by atoms with E-state index in [-0.39, 0.29) is 24.0 Å². The van der Waals surface area contributed by atoms with Crippen LogP contribution >= 0.6 is 0 Å². The molecule has 1 spiro atoms. The van der Waals surface area contributed by atoms with Gasteiger partial charge in [0.25, 0.3) is 0 Å². The molecule has 1 unspecified atom stereocenters. The Morgan fingerprint density at radius 1 is 1.44 bits per heavy atom. The third-order valence-electron chi connectivity index (χ3n) is 6.36. The topological polar surface area (TPSA) is 48.0 Å². The Kier molecular flexibility index (Phi) is 2.48. The SMILES string of the molecule is [2H][13C]([2H])([2H])N1CC[C@]23c4c5ccc(OC)c4O[C@H]2[C@@H](OC(C)=O)C=CC3[C@H]1C5. The minimum Gasteiger partial charge on any atom is -0.493 e. The third-order valence-corrected chi connectivity index (χ3v) is 6.36. The van der Waals surface area contributed by atoms with E-state index in [1.807, 2.05) is 24.3 Å². The summed E-state index contributed by atoms with van der Waals surface area (Å²) in [5.41, 5.74) is 1.81. The Hall–Kier alpha value is -2.01. The van der Waals surface area contributed by atoms with Crippen LogP contribution in [0.2, 0.25) is 0 Å². The van der Waals surface area contributed by atoms with E-state index in [1.54, 1.807) is 12.0 Å². The molecule has 2 heterocycles. The molecule has 0 saturated carbocycles. The second-order valence-corrected chi connectivity index (χ2v) is 7.41. The summed E-state index contributed by atoms with van der Waals surface area (Å²) in [7, 11) is 1.61. The van der Waals surface area contributed by atoms with E-state index in [0.29, 0.717) is 25.1 Å². The second-order valence-electron chi connectivity index (χ2n) is 7.41. The molecule has 0 radical (unpaired) electrons. The molecule has 0 N–H and O–H groups in total. The third kappa shape index (κ3) is 1.79. The highest BCUT2D eigenvalue weighted by molar-refractivity contribution is 5.67. The number of hydrogen-bond acceptors (Lipinski definition) is 5. The van der Waals surface area contributed by atoms with Crippen molar-refractivity contribution >= 4 is 5.97 Å². The number of likely N-dealkylation sites (N-methyl/N-ethyl adjacent to an activating group) is 1. The molecule has 1 aromatic rings. The summed E-state index contributed by atoms with van der Waals surface area (Å²) < 4.78 is 41.6. The fourth-order valence-corrected chi connectivity index (χ4v) is 5.48. The van der Waals surface area contributed by atoms with Gasteiger partial charge in [-0.15, -0.1) is 0 Å². The minimum absolute atomic E-state index is 0.0145. The first-order valence-electron chi connectivity index (χ1n) is 10.3. The molecule has 1 aromatic carbocycles. The van der Waals surface area contributed by atoms with Crippen molar-refractivity contribution in [3.63, 3.8) is 0 Å². The Bertz CT molecular complexity index is 883. The van der Waals surface area contributed by atoms with Gasteiger partial charge in [0.2, 0.25) is 0 Å². The smallest absolute Gasteiger partial charge is 0.303 e. The molecule has 4 aliphatic rings. The molecular formula is C20H23NO4. The van der Waals surface area contributed by atoms with E-state index in [1.165, 1.54) is 6.92 Å². The number of ether oxygens (including phenoxy) is 3. The molecule has 0 aromatic heterocycles. The van der Waals surface area contributed by atoms with Gasteiger partial charge in [-0.25, -0.2) is 0 Å². The van der Waals surface area contributed by atoms with Crippen molar-refractivity contribution in [2.45, 2.75) is 43.4 Å². The van der Waals surface area contributed by atoms with Gasteiger partial charge >= 0.3 is 5.97 Å². The number of benzene rings is 1. The highest BCUT2D eigenvalue weighted by atomic mass is 16.6. The van der Waals surface area contributed by atoms with Crippen LogP contribution < -0.4 is 9.47 Å². The Balaban J connectivity index is 1.71. The van der Waals surface area contributed by atoms with Crippen molar-refractivity contribution in [1.29, 1.82) is 0 Å². The number of methoxy groups -OCH3 is 1. The molecule has 1 saturated heterocycles. The van der Waals surface area contributed by atoms with E-state index in [9.17, 15) is 4.79 Å². The Morgan fingerprint density at radius 2 is 2.32 bits per heavy atom. The lowest BCUT2D eigenvalue weighted by Crippen LogP contribution is -2.65. The van der Waals surface area contributed by atoms with Crippen molar-refractivity contribution in [2.75, 3.05) is 20.6 Å². The van der Waals surface area contributed by atoms with E-state index < -0.39 is 18.5 Å². The molecular weight excluding hydrogens is 319 g/mol. The summed E-state index contributed by atoms with van der Waals surface area (Å²) in [6, 6.07) is 3.76. The molecule has 5 atom stereocenters. The maximum atomic E-state index is 11.7. The predicted molar refractivity (Wildman–Crippen MR) is 92.0 cm³/mol. The first-order valence-corrected chi connectivity index (χ1v) is 8.76. The van der Waals surface area contributed by atoms with Gasteiger partial charge in [-0.1, -0.05) is 12.1 Å². The van der Waals surface area contributed by atoms with Crippen molar-refractivity contribution in [3.8, 4) is 11.5 Å². The first kappa shape index (κ1) is 12.4. The van der Waals surface area contributed by atoms with Crippen molar-refractivity contribution in [1.82, 2.24) is 4.90 Å². The zero-order valence-corrected chi connectivity index (χ0v) is 14.3. The maximum absolute atomic E-state index is 11.7. The van der Waals surface area contributed by atoms with Crippen LogP contribution in [0.15, 0.2) is 24.3 Å². The van der Waals surface area contributed by atoms with Crippen LogP contribution in [0.4, 0.5) is 0 Å². The van der Waals surface area contributed by atoms with E-state index in [2.05, 4.69) is 0 Å². The van der Waals surface area contributed by atoms with Gasteiger partial charge in [0.1, 0.15) is 6.10 Å². The lowest BCUT2D eigenvalue weighted by molar-refractivity contribution is -0.152. The molecule has 5 rings (SSSR count). The van der Waals surface area contributed by atoms with Gasteiger partial charge in [-0.05, 0) is 44.1 Å². The van der Waals surface area contributed by atoms with E-state index >= 15 is 0 Å². The molecule has 132 valence electrons. The summed E-state index contributed by atoms with van der Waals surface area (Å²) in [6.45, 7) is -0.296. The van der Waals surface area contributed by atoms with Gasteiger partial charge in [-0.2, -0.15) is 0 Å². The fourth-order valence-electron chi connectivity index (χ4n) is 5.48. The molecule has 2 bridgehead atoms. The summed E-state index contributed by atoms with van der Waals surface area (Å²) in [5.74, 6) is 1.01. The van der Waals surface area contributed by atoms with Crippen LogP contribution in [0.25, 0.3) is 0 Å². The van der Waals surface area contributed by atoms with Crippen LogP contribution in [0.5, 0.6) is 11.5 Å². The van der Waals surface area contributed by atoms with Crippen molar-refractivity contribution < 1.29 is 23.1 Å². The molecule has 2 aliphatic carbocycles. The fraction of sp³-hybridized carbons (Fsp3) is 0.550. The number of rotatable bonds is 2. The van der Waals surface area contributed by atoms with E-state index in [0.717, 1.165) is 16.9 Å². The summed E-state index contributed by atoms with van der Waals surface area (Å²) in [4.78, 5) is 13.3. The molecule has 2 aliphatic heterocycles. The number of piperidine rings is 1. The first-order chi connectivity index (χ1) is 13.3. The van der Waals surface area contributed by atoms with Crippen LogP contribution in [-0.4, -0.2) is 49.7 Å². The van der Waals surface area contributed by atoms with Gasteiger partial charge in [0.05, 0.1) is 7.11 Å². The highest BCUT2D eigenvalue weighted by Crippen LogP contribution is 2.62. The lowest BCUT2D eigenvalue weighted by atomic mass is 9.53. The zero-order chi connectivity index (χ0) is 19.8. The Labute approximate surface area is 151 Å². The molecule has 5 heteroatoms. The average Bonchev–Trinajstić information content (AvgIpc) is 2.95. The summed E-state index contributed by atoms with van der Waals surface area (Å²) in [5, 5.41) is 0. The largest absolute Gasteiger partial charge is 0.493 e. The Morgan fingerprint density at radius 3 is 3.08 bits per heavy atom. The summed E-state index contributed by atoms with van der Waals surface area (Å²) in [6.07, 6.45) is 4.32. The summed E-state index contributed by atoms with van der Waals surface area (Å²) >= 11 is 0. The van der Waals surface area contributed by atoms with Gasteiger partial charge in [-0.3, -0.25) is 4.79 Å². The van der Waals surface area contributed by atoms with Crippen molar-refractivity contribution in [3.05, 3.63) is 35.4 Å². The normalized spacial score (nSPS) is 39.5. The number of hydrogen-bond donors (Lipinski definition) is 0. The molecule has 0 amide bonds. The number of carbonyl (C=O) groups is 1. The molecule has 5 nitrogen and oxygen atoms in total. The number of carbonyl (C=O) groups excluding carboxylic acids is 1. The van der Waals surface area contributed by atoms with Gasteiger partial charge < -0.3 is 19.1 Å². The van der Waals surface area contributed by atoms with Crippen LogP contribution in [0, 0.1) is 5.92 Å². The monoisotopic (exact) mass is 345 g/mol. The second kappa shape index (κ2) is 5.01. The minimum atomic E-state index is -2.14. The zero-order valence-electron chi connectivity index (χ0n) is 17.3. The maximum Gasteiger partial charge on any atom is 0.303 e. The number of esters is 1. The lowest BCUT2D eigenvalue weighted by Gasteiger charge is -2.56. The predicted octanol–water partition coefficient (Wildman–Crippen LogP) is 2.07. The number of nitrogens with zero attached hydrogens (tertiary/aromatic N) is 1. The van der Waals surface area contributed by atoms with Crippen LogP contribution in [0.1, 0.15) is 28.6 Å². The van der Waals surface area contributed by atoms with Gasteiger partial charge in [0, 0.05) is 34.0 Å². The van der Waals surface area contributed by atoms with Crippen LogP contribution in [-0.2, 0) is 21.4 Å². The quantitative estimate of drug-likeness (QED) is 0.467. The van der Waals surface area contributed by atoms with Gasteiger partial charge in [0.15, 0.2) is 17.6 Å². The molecule has 25 heavy (non-hydrogen) atoms. The van der Waals surface area contributed by atoms with Crippen molar-refractivity contribution in [2.24, 2.45) is 5.92 Å². The molecule has 1 fully saturated rings. The van der Waals surface area contributed by atoms with Crippen LogP contribution in [0.3, 0.4) is 0 Å².